The molecule has 32 heavy (non-hydrogen) atoms. The van der Waals surface area contributed by atoms with Crippen LogP contribution in [0.4, 0.5) is 0 Å². The fraction of sp³-hybridized carbons (Fsp3) is 0.130. The summed E-state index contributed by atoms with van der Waals surface area (Å²) in [6, 6.07) is 12.6. The number of fused-ring (bicyclic) bond motifs is 1. The lowest BCUT2D eigenvalue weighted by molar-refractivity contribution is 0.0949. The Kier molecular flexibility index (Phi) is 4.82. The number of hydrogen-bond acceptors (Lipinski definition) is 6. The minimum absolute atomic E-state index is 0.0158. The van der Waals surface area contributed by atoms with E-state index in [2.05, 4.69) is 15.3 Å². The van der Waals surface area contributed by atoms with Gasteiger partial charge in [0, 0.05) is 36.5 Å². The largest absolute Gasteiger partial charge is 0.349 e. The van der Waals surface area contributed by atoms with Gasteiger partial charge in [0.15, 0.2) is 0 Å². The van der Waals surface area contributed by atoms with E-state index in [0.29, 0.717) is 11.3 Å². The molecular weight excluding hydrogens is 428 g/mol. The van der Waals surface area contributed by atoms with Gasteiger partial charge in [0.25, 0.3) is 5.91 Å². The van der Waals surface area contributed by atoms with E-state index in [9.17, 15) is 18.0 Å². The zero-order valence-electron chi connectivity index (χ0n) is 16.8. The Labute approximate surface area is 183 Å². The predicted octanol–water partition coefficient (Wildman–Crippen LogP) is 2.51. The molecule has 1 fully saturated rings. The van der Waals surface area contributed by atoms with Crippen molar-refractivity contribution in [1.29, 1.82) is 0 Å². The molecule has 160 valence electrons. The standard InChI is InChI=1S/C23H18N4O4S/c28-21-19-7-3-11-25-22(19)27(14-20(21)23(29)26-15-8-9-15)16-4-1-5-17(12-16)32(30,31)18-6-2-10-24-13-18/h1-7,10-15H,8-9H2,(H,26,29). The maximum atomic E-state index is 13.1. The lowest BCUT2D eigenvalue weighted by Gasteiger charge is -2.14. The van der Waals surface area contributed by atoms with Gasteiger partial charge in [-0.2, -0.15) is 0 Å². The van der Waals surface area contributed by atoms with Crippen molar-refractivity contribution in [3.63, 3.8) is 0 Å². The number of amides is 1. The molecule has 0 aliphatic heterocycles. The molecule has 8 nitrogen and oxygen atoms in total. The Balaban J connectivity index is 1.68. The molecule has 3 aromatic heterocycles. The second-order valence-corrected chi connectivity index (χ2v) is 9.50. The number of pyridine rings is 3. The third-order valence-corrected chi connectivity index (χ3v) is 7.01. The van der Waals surface area contributed by atoms with Gasteiger partial charge in [-0.25, -0.2) is 13.4 Å². The van der Waals surface area contributed by atoms with Crippen LogP contribution in [0.3, 0.4) is 0 Å². The lowest BCUT2D eigenvalue weighted by atomic mass is 10.1. The molecule has 0 radical (unpaired) electrons. The summed E-state index contributed by atoms with van der Waals surface area (Å²) in [5, 5.41) is 3.11. The Morgan fingerprint density at radius 2 is 1.81 bits per heavy atom. The normalized spacial score (nSPS) is 13.8. The highest BCUT2D eigenvalue weighted by atomic mass is 32.2. The summed E-state index contributed by atoms with van der Waals surface area (Å²) in [6.07, 6.45) is 7.54. The summed E-state index contributed by atoms with van der Waals surface area (Å²) >= 11 is 0. The lowest BCUT2D eigenvalue weighted by Crippen LogP contribution is -2.31. The van der Waals surface area contributed by atoms with Gasteiger partial charge in [-0.15, -0.1) is 0 Å². The molecule has 0 unspecified atom stereocenters. The molecule has 0 atom stereocenters. The van der Waals surface area contributed by atoms with Crippen molar-refractivity contribution in [1.82, 2.24) is 19.9 Å². The highest BCUT2D eigenvalue weighted by Crippen LogP contribution is 2.24. The Bertz CT molecular complexity index is 1510. The number of rotatable bonds is 5. The van der Waals surface area contributed by atoms with Crippen LogP contribution in [-0.4, -0.2) is 34.9 Å². The van der Waals surface area contributed by atoms with E-state index in [1.54, 1.807) is 41.1 Å². The fourth-order valence-corrected chi connectivity index (χ4v) is 4.72. The first kappa shape index (κ1) is 20.1. The van der Waals surface area contributed by atoms with Gasteiger partial charge in [0.2, 0.25) is 15.3 Å². The summed E-state index contributed by atoms with van der Waals surface area (Å²) in [5.74, 6) is -0.448. The van der Waals surface area contributed by atoms with Crippen LogP contribution in [0.2, 0.25) is 0 Å². The zero-order valence-corrected chi connectivity index (χ0v) is 17.6. The topological polar surface area (TPSA) is 111 Å². The second-order valence-electron chi connectivity index (χ2n) is 7.55. The molecule has 0 saturated heterocycles. The van der Waals surface area contributed by atoms with Crippen LogP contribution in [0.5, 0.6) is 0 Å². The van der Waals surface area contributed by atoms with Crippen molar-refractivity contribution < 1.29 is 13.2 Å². The van der Waals surface area contributed by atoms with Gasteiger partial charge in [-0.05, 0) is 55.3 Å². The number of carbonyl (C=O) groups is 1. The van der Waals surface area contributed by atoms with Gasteiger partial charge in [-0.3, -0.25) is 14.6 Å². The molecule has 4 aromatic rings. The number of nitrogens with one attached hydrogen (secondary N) is 1. The number of carbonyl (C=O) groups excluding carboxylic acids is 1. The summed E-state index contributed by atoms with van der Waals surface area (Å²) in [5.41, 5.74) is 0.357. The average Bonchev–Trinajstić information content (AvgIpc) is 3.64. The van der Waals surface area contributed by atoms with E-state index >= 15 is 0 Å². The summed E-state index contributed by atoms with van der Waals surface area (Å²) in [4.78, 5) is 34.0. The maximum Gasteiger partial charge on any atom is 0.257 e. The predicted molar refractivity (Wildman–Crippen MR) is 118 cm³/mol. The van der Waals surface area contributed by atoms with Crippen LogP contribution in [0.15, 0.2) is 87.9 Å². The summed E-state index contributed by atoms with van der Waals surface area (Å²) in [6.45, 7) is 0. The molecule has 1 saturated carbocycles. The molecule has 0 spiro atoms. The molecule has 9 heteroatoms. The van der Waals surface area contributed by atoms with Crippen LogP contribution in [0, 0.1) is 0 Å². The highest BCUT2D eigenvalue weighted by Gasteiger charge is 2.26. The Morgan fingerprint density at radius 1 is 1.03 bits per heavy atom. The number of nitrogens with zero attached hydrogens (tertiary/aromatic N) is 3. The van der Waals surface area contributed by atoms with E-state index in [0.717, 1.165) is 12.8 Å². The fourth-order valence-electron chi connectivity index (χ4n) is 3.45. The first-order valence-electron chi connectivity index (χ1n) is 10.0. The Hall–Kier alpha value is -3.85. The first-order valence-corrected chi connectivity index (χ1v) is 11.5. The molecule has 3 heterocycles. The van der Waals surface area contributed by atoms with E-state index in [4.69, 9.17) is 0 Å². The summed E-state index contributed by atoms with van der Waals surface area (Å²) < 4.78 is 27.7. The molecule has 0 bridgehead atoms. The SMILES string of the molecule is O=C(NC1CC1)c1cn(-c2cccc(S(=O)(=O)c3cccnc3)c2)c2ncccc2c1=O. The number of aromatic nitrogens is 3. The van der Waals surface area contributed by atoms with Crippen LogP contribution < -0.4 is 10.7 Å². The first-order chi connectivity index (χ1) is 15.4. The maximum absolute atomic E-state index is 13.1. The van der Waals surface area contributed by atoms with Crippen LogP contribution >= 0.6 is 0 Å². The second kappa shape index (κ2) is 7.69. The zero-order chi connectivity index (χ0) is 22.3. The van der Waals surface area contributed by atoms with Crippen molar-refractivity contribution in [3.8, 4) is 5.69 Å². The van der Waals surface area contributed by atoms with Gasteiger partial charge in [0.1, 0.15) is 11.2 Å². The van der Waals surface area contributed by atoms with Gasteiger partial charge < -0.3 is 9.88 Å². The van der Waals surface area contributed by atoms with E-state index in [1.807, 2.05) is 0 Å². The number of sulfone groups is 1. The molecule has 1 aliphatic rings. The van der Waals surface area contributed by atoms with Crippen molar-refractivity contribution in [2.45, 2.75) is 28.7 Å². The van der Waals surface area contributed by atoms with Gasteiger partial charge >= 0.3 is 0 Å². The van der Waals surface area contributed by atoms with Crippen LogP contribution in [-0.2, 0) is 9.84 Å². The minimum atomic E-state index is -3.80. The van der Waals surface area contributed by atoms with Gasteiger partial charge in [0.05, 0.1) is 15.2 Å². The Morgan fingerprint density at radius 3 is 2.56 bits per heavy atom. The molecule has 1 amide bonds. The van der Waals surface area contributed by atoms with Crippen molar-refractivity contribution >= 4 is 26.8 Å². The molecule has 1 aliphatic carbocycles. The minimum Gasteiger partial charge on any atom is -0.349 e. The monoisotopic (exact) mass is 446 g/mol. The number of benzene rings is 1. The highest BCUT2D eigenvalue weighted by molar-refractivity contribution is 7.91. The molecule has 5 rings (SSSR count). The summed E-state index contributed by atoms with van der Waals surface area (Å²) in [7, 11) is -3.80. The van der Waals surface area contributed by atoms with E-state index in [1.165, 1.54) is 36.8 Å². The smallest absolute Gasteiger partial charge is 0.257 e. The van der Waals surface area contributed by atoms with Gasteiger partial charge in [-0.1, -0.05) is 6.07 Å². The third-order valence-electron chi connectivity index (χ3n) is 5.27. The van der Waals surface area contributed by atoms with E-state index in [-0.39, 0.29) is 26.8 Å². The van der Waals surface area contributed by atoms with Crippen molar-refractivity contribution in [2.24, 2.45) is 0 Å². The molecule has 1 N–H and O–H groups in total. The molecule has 1 aromatic carbocycles. The van der Waals surface area contributed by atoms with Crippen LogP contribution in [0.25, 0.3) is 16.7 Å². The molecular formula is C23H18N4O4S. The van der Waals surface area contributed by atoms with E-state index < -0.39 is 21.2 Å². The third kappa shape index (κ3) is 3.56. The quantitative estimate of drug-likeness (QED) is 0.504. The average molecular weight is 446 g/mol. The van der Waals surface area contributed by atoms with Crippen molar-refractivity contribution in [3.05, 3.63) is 89.1 Å². The number of hydrogen-bond donors (Lipinski definition) is 1. The van der Waals surface area contributed by atoms with Crippen LogP contribution in [0.1, 0.15) is 23.2 Å². The van der Waals surface area contributed by atoms with Crippen molar-refractivity contribution in [2.75, 3.05) is 0 Å².